The van der Waals surface area contributed by atoms with Crippen molar-refractivity contribution >= 4 is 54.8 Å². The summed E-state index contributed by atoms with van der Waals surface area (Å²) < 4.78 is 125. The monoisotopic (exact) mass is 1090 g/mol. The van der Waals surface area contributed by atoms with Crippen LogP contribution in [-0.4, -0.2) is 146 Å². The van der Waals surface area contributed by atoms with E-state index < -0.39 is 59.2 Å². The van der Waals surface area contributed by atoms with Gasteiger partial charge in [-0.05, 0) is 123 Å². The SMILES string of the molecule is C=C(CCC1=C(CN2CCN(c3ccc(C(=O)NS(=O)(=O)c4ccc(N[C@H](CCN5CCN(CCCCCC(=O)NC)CC5)CSc5ccccc5)c(S(=O)(=O)C(F)(F)F)c4)cc3)CC2)CCC(C)(C)C1)C(F)F. The summed E-state index contributed by atoms with van der Waals surface area (Å²) >= 11 is 1.44. The minimum atomic E-state index is -6.10. The fraction of sp³-hybridized carbons (Fsp3) is 0.547. The van der Waals surface area contributed by atoms with Crippen LogP contribution in [0.2, 0.25) is 0 Å². The van der Waals surface area contributed by atoms with Gasteiger partial charge in [0, 0.05) is 107 Å². The molecule has 2 amide bonds. The van der Waals surface area contributed by atoms with Gasteiger partial charge in [-0.25, -0.2) is 30.3 Å². The highest BCUT2D eigenvalue weighted by atomic mass is 32.2. The molecule has 74 heavy (non-hydrogen) atoms. The smallest absolute Gasteiger partial charge is 0.380 e. The van der Waals surface area contributed by atoms with E-state index in [0.29, 0.717) is 50.7 Å². The molecule has 3 aromatic rings. The molecule has 2 heterocycles. The van der Waals surface area contributed by atoms with Gasteiger partial charge in [0.25, 0.3) is 32.2 Å². The second-order valence-corrected chi connectivity index (χ2v) is 25.0. The maximum absolute atomic E-state index is 14.3. The Labute approximate surface area is 438 Å². The molecule has 0 aromatic heterocycles. The zero-order valence-electron chi connectivity index (χ0n) is 42.7. The summed E-state index contributed by atoms with van der Waals surface area (Å²) in [5.41, 5.74) is -2.82. The first-order valence-corrected chi connectivity index (χ1v) is 29.3. The van der Waals surface area contributed by atoms with Crippen LogP contribution in [0.25, 0.3) is 0 Å². The number of hydrogen-bond donors (Lipinski definition) is 3. The van der Waals surface area contributed by atoms with Crippen LogP contribution in [0.15, 0.2) is 111 Å². The molecule has 1 aliphatic carbocycles. The maximum atomic E-state index is 14.3. The predicted octanol–water partition coefficient (Wildman–Crippen LogP) is 9.22. The van der Waals surface area contributed by atoms with Crippen molar-refractivity contribution in [1.29, 1.82) is 0 Å². The molecule has 1 atom stereocenters. The first kappa shape index (κ1) is 58.7. The number of carbonyl (C=O) groups excluding carboxylic acids is 2. The number of benzene rings is 3. The molecule has 3 aromatic carbocycles. The lowest BCUT2D eigenvalue weighted by molar-refractivity contribution is -0.120. The highest BCUT2D eigenvalue weighted by molar-refractivity contribution is 7.99. The highest BCUT2D eigenvalue weighted by Crippen LogP contribution is 2.42. The summed E-state index contributed by atoms with van der Waals surface area (Å²) in [6.07, 6.45) is 4.80. The number of unbranched alkanes of at least 4 members (excludes halogenated alkanes) is 2. The molecule has 3 N–H and O–H groups in total. The van der Waals surface area contributed by atoms with Gasteiger partial charge < -0.3 is 25.3 Å². The molecule has 0 saturated carbocycles. The van der Waals surface area contributed by atoms with Gasteiger partial charge in [0.2, 0.25) is 5.91 Å². The van der Waals surface area contributed by atoms with E-state index in [2.05, 4.69) is 50.7 Å². The zero-order chi connectivity index (χ0) is 53.7. The van der Waals surface area contributed by atoms with Crippen LogP contribution in [0.1, 0.15) is 88.4 Å². The van der Waals surface area contributed by atoms with Crippen molar-refractivity contribution < 1.29 is 48.4 Å². The Balaban J connectivity index is 1.09. The van der Waals surface area contributed by atoms with E-state index in [1.807, 2.05) is 35.1 Å². The fourth-order valence-corrected chi connectivity index (χ4v) is 12.6. The molecule has 6 rings (SSSR count). The number of piperazine rings is 2. The number of carbonyl (C=O) groups is 2. The van der Waals surface area contributed by atoms with Crippen molar-refractivity contribution in [1.82, 2.24) is 24.7 Å². The van der Waals surface area contributed by atoms with Crippen molar-refractivity contribution in [2.75, 3.05) is 95.0 Å². The number of anilines is 2. The van der Waals surface area contributed by atoms with E-state index in [0.717, 1.165) is 114 Å². The van der Waals surface area contributed by atoms with Crippen molar-refractivity contribution in [3.05, 3.63) is 102 Å². The van der Waals surface area contributed by atoms with Crippen molar-refractivity contribution in [3.63, 3.8) is 0 Å². The number of halogens is 5. The largest absolute Gasteiger partial charge is 0.501 e. The Morgan fingerprint density at radius 2 is 1.45 bits per heavy atom. The van der Waals surface area contributed by atoms with Crippen LogP contribution >= 0.6 is 11.8 Å². The van der Waals surface area contributed by atoms with Crippen LogP contribution < -0.4 is 20.3 Å². The number of nitrogens with one attached hydrogen (secondary N) is 3. The highest BCUT2D eigenvalue weighted by Gasteiger charge is 2.48. The number of sulfonamides is 1. The molecule has 3 aliphatic rings. The fourth-order valence-electron chi connectivity index (χ4n) is 9.60. The number of sulfone groups is 1. The molecular formula is C53H72F5N7O6S3. The van der Waals surface area contributed by atoms with E-state index in [4.69, 9.17) is 0 Å². The summed E-state index contributed by atoms with van der Waals surface area (Å²) in [5.74, 6) is -0.681. The van der Waals surface area contributed by atoms with Crippen LogP contribution in [0.3, 0.4) is 0 Å². The lowest BCUT2D eigenvalue weighted by Crippen LogP contribution is -2.47. The number of alkyl halides is 5. The summed E-state index contributed by atoms with van der Waals surface area (Å²) in [5, 5.41) is 5.66. The van der Waals surface area contributed by atoms with Gasteiger partial charge in [-0.2, -0.15) is 13.2 Å². The normalized spacial score (nSPS) is 17.8. The Hall–Kier alpha value is -4.54. The molecule has 2 aliphatic heterocycles. The molecule has 21 heteroatoms. The third kappa shape index (κ3) is 17.0. The molecule has 408 valence electrons. The third-order valence-electron chi connectivity index (χ3n) is 14.2. The van der Waals surface area contributed by atoms with Crippen LogP contribution in [0.4, 0.5) is 33.3 Å². The van der Waals surface area contributed by atoms with Crippen LogP contribution in [-0.2, 0) is 24.7 Å². The first-order chi connectivity index (χ1) is 35.0. The number of nitrogens with zero attached hydrogens (tertiary/aromatic N) is 4. The lowest BCUT2D eigenvalue weighted by Gasteiger charge is -2.39. The zero-order valence-corrected chi connectivity index (χ0v) is 45.1. The molecular weight excluding hydrogens is 1020 g/mol. The maximum Gasteiger partial charge on any atom is 0.501 e. The molecule has 2 fully saturated rings. The lowest BCUT2D eigenvalue weighted by atomic mass is 9.73. The number of thioether (sulfide) groups is 1. The quantitative estimate of drug-likeness (QED) is 0.0321. The summed E-state index contributed by atoms with van der Waals surface area (Å²) in [6.45, 7) is 16.2. The van der Waals surface area contributed by atoms with Crippen molar-refractivity contribution in [2.45, 2.75) is 111 Å². The van der Waals surface area contributed by atoms with E-state index in [9.17, 15) is 48.4 Å². The minimum Gasteiger partial charge on any atom is -0.380 e. The number of rotatable bonds is 25. The first-order valence-electron chi connectivity index (χ1n) is 25.4. The van der Waals surface area contributed by atoms with Gasteiger partial charge in [0.15, 0.2) is 0 Å². The molecule has 0 radical (unpaired) electrons. The Kier molecular flexibility index (Phi) is 21.0. The Morgan fingerprint density at radius 3 is 2.08 bits per heavy atom. The van der Waals surface area contributed by atoms with Gasteiger partial charge in [-0.1, -0.05) is 56.2 Å². The summed E-state index contributed by atoms with van der Waals surface area (Å²) in [7, 11) is -9.37. The second kappa shape index (κ2) is 26.5. The molecule has 0 unspecified atom stereocenters. The minimum absolute atomic E-state index is 0.0295. The number of amides is 2. The predicted molar refractivity (Wildman–Crippen MR) is 283 cm³/mol. The molecule has 13 nitrogen and oxygen atoms in total. The van der Waals surface area contributed by atoms with Gasteiger partial charge in [0.1, 0.15) is 4.90 Å². The van der Waals surface area contributed by atoms with E-state index in [-0.39, 0.29) is 28.9 Å². The van der Waals surface area contributed by atoms with Gasteiger partial charge >= 0.3 is 5.51 Å². The number of allylic oxidation sites excluding steroid dienone is 2. The topological polar surface area (TPSA) is 151 Å². The second-order valence-electron chi connectivity index (χ2n) is 20.3. The van der Waals surface area contributed by atoms with E-state index in [1.165, 1.54) is 35.0 Å². The molecule has 0 bridgehead atoms. The molecule has 2 saturated heterocycles. The van der Waals surface area contributed by atoms with Crippen LogP contribution in [0.5, 0.6) is 0 Å². The standard InChI is InChI=1S/C53H72F5N7O6S3/c1-39(50(54)55)14-15-41-36-52(2,3)24-22-42(41)37-64-31-33-65(34-32-64)44-18-16-40(17-19-44)51(67)61-74(70,71)46-20-21-47(48(35-46)73(68,69)53(56,57)58)60-43(38-72-45-11-7-5-8-12-45)23-26-63-29-27-62(28-30-63)25-10-6-9-13-49(66)59-4/h5,7-8,11-12,16-21,35,43,50,60H,1,6,9-10,13-15,22-34,36-38H2,2-4H3,(H,59,66)(H,61,67)/t43-/m1/s1. The van der Waals surface area contributed by atoms with E-state index >= 15 is 0 Å². The van der Waals surface area contributed by atoms with E-state index in [1.54, 1.807) is 19.2 Å². The summed E-state index contributed by atoms with van der Waals surface area (Å²) in [4.78, 5) is 32.8. The average Bonchev–Trinajstić information content (AvgIpc) is 3.37. The average molecular weight is 1090 g/mol. The summed E-state index contributed by atoms with van der Waals surface area (Å²) in [6, 6.07) is 17.5. The van der Waals surface area contributed by atoms with Gasteiger partial charge in [-0.15, -0.1) is 11.8 Å². The Bertz CT molecular complexity index is 2620. The van der Waals surface area contributed by atoms with Gasteiger partial charge in [-0.3, -0.25) is 14.5 Å². The van der Waals surface area contributed by atoms with Crippen molar-refractivity contribution in [3.8, 4) is 0 Å². The van der Waals surface area contributed by atoms with Crippen molar-refractivity contribution in [2.24, 2.45) is 5.41 Å². The third-order valence-corrected chi connectivity index (χ3v) is 18.2. The molecule has 0 spiro atoms. The Morgan fingerprint density at radius 1 is 0.797 bits per heavy atom. The number of hydrogen-bond acceptors (Lipinski definition) is 12. The van der Waals surface area contributed by atoms with Gasteiger partial charge in [0.05, 0.1) is 10.6 Å². The van der Waals surface area contributed by atoms with Crippen LogP contribution in [0, 0.1) is 5.41 Å².